The number of halogens is 1. The summed E-state index contributed by atoms with van der Waals surface area (Å²) >= 11 is 6.43. The second-order valence-corrected chi connectivity index (χ2v) is 7.47. The van der Waals surface area contributed by atoms with Crippen LogP contribution in [0.3, 0.4) is 0 Å². The van der Waals surface area contributed by atoms with Gasteiger partial charge in [0.2, 0.25) is 16.8 Å². The van der Waals surface area contributed by atoms with Gasteiger partial charge < -0.3 is 9.84 Å². The molecule has 118 valence electrons. The molecule has 0 saturated heterocycles. The van der Waals surface area contributed by atoms with Gasteiger partial charge in [0.25, 0.3) is 0 Å². The zero-order chi connectivity index (χ0) is 16.1. The number of hydrogen-bond acceptors (Lipinski definition) is 8. The van der Waals surface area contributed by atoms with Gasteiger partial charge in [-0.3, -0.25) is 0 Å². The van der Waals surface area contributed by atoms with Crippen LogP contribution in [0.25, 0.3) is 11.4 Å². The molecule has 0 spiro atoms. The third-order valence-electron chi connectivity index (χ3n) is 2.67. The molecular weight excluding hydrogens is 398 g/mol. The Morgan fingerprint density at radius 1 is 1.39 bits per heavy atom. The van der Waals surface area contributed by atoms with Gasteiger partial charge in [0, 0.05) is 16.6 Å². The first kappa shape index (κ1) is 16.2. The Balaban J connectivity index is 1.61. The van der Waals surface area contributed by atoms with Crippen molar-refractivity contribution >= 4 is 44.2 Å². The van der Waals surface area contributed by atoms with Crippen LogP contribution in [0.15, 0.2) is 50.3 Å². The van der Waals surface area contributed by atoms with E-state index in [1.165, 1.54) is 23.1 Å². The molecule has 0 radical (unpaired) electrons. The predicted octanol–water partition coefficient (Wildman–Crippen LogP) is 4.24. The van der Waals surface area contributed by atoms with E-state index < -0.39 is 0 Å². The molecule has 0 amide bonds. The van der Waals surface area contributed by atoms with E-state index in [0.717, 1.165) is 19.5 Å². The minimum absolute atomic E-state index is 0.553. The third-order valence-corrected chi connectivity index (χ3v) is 5.17. The summed E-state index contributed by atoms with van der Waals surface area (Å²) in [5.41, 5.74) is 0.909. The molecule has 0 unspecified atom stereocenters. The van der Waals surface area contributed by atoms with Crippen molar-refractivity contribution in [2.45, 2.75) is 10.1 Å². The predicted molar refractivity (Wildman–Crippen MR) is 95.6 cm³/mol. The van der Waals surface area contributed by atoms with Gasteiger partial charge >= 0.3 is 0 Å². The fourth-order valence-electron chi connectivity index (χ4n) is 1.68. The average Bonchev–Trinajstić information content (AvgIpc) is 3.20. The number of hydrogen-bond donors (Lipinski definition) is 1. The number of rotatable bonds is 7. The first-order valence-electron chi connectivity index (χ1n) is 6.64. The Labute approximate surface area is 149 Å². The van der Waals surface area contributed by atoms with Crippen LogP contribution in [0.2, 0.25) is 0 Å². The Morgan fingerprint density at radius 3 is 3.13 bits per heavy atom. The highest BCUT2D eigenvalue weighted by atomic mass is 79.9. The highest BCUT2D eigenvalue weighted by Crippen LogP contribution is 2.28. The van der Waals surface area contributed by atoms with Crippen LogP contribution in [0, 0.1) is 0 Å². The molecule has 0 bridgehead atoms. The van der Waals surface area contributed by atoms with Crippen LogP contribution in [0.1, 0.15) is 5.89 Å². The molecular formula is C14H12BrN5OS2. The molecule has 3 aromatic rings. The van der Waals surface area contributed by atoms with Gasteiger partial charge in [-0.15, -0.1) is 16.8 Å². The lowest BCUT2D eigenvalue weighted by atomic mass is 10.2. The number of benzene rings is 1. The smallest absolute Gasteiger partial charge is 0.237 e. The molecule has 0 aliphatic carbocycles. The highest BCUT2D eigenvalue weighted by Gasteiger charge is 2.11. The molecule has 3 rings (SSSR count). The van der Waals surface area contributed by atoms with Crippen molar-refractivity contribution in [3.8, 4) is 11.4 Å². The Kier molecular flexibility index (Phi) is 5.42. The number of anilines is 1. The van der Waals surface area contributed by atoms with E-state index in [1.54, 1.807) is 6.08 Å². The third kappa shape index (κ3) is 4.40. The van der Waals surface area contributed by atoms with Crippen LogP contribution in [-0.4, -0.2) is 26.9 Å². The molecule has 0 aliphatic heterocycles. The summed E-state index contributed by atoms with van der Waals surface area (Å²) in [7, 11) is 0. The van der Waals surface area contributed by atoms with Crippen LogP contribution < -0.4 is 5.32 Å². The highest BCUT2D eigenvalue weighted by molar-refractivity contribution is 9.10. The summed E-state index contributed by atoms with van der Waals surface area (Å²) in [6, 6.07) is 7.77. The van der Waals surface area contributed by atoms with Crippen molar-refractivity contribution in [2.24, 2.45) is 0 Å². The van der Waals surface area contributed by atoms with Crippen molar-refractivity contribution in [3.63, 3.8) is 0 Å². The van der Waals surface area contributed by atoms with Crippen LogP contribution >= 0.6 is 39.0 Å². The van der Waals surface area contributed by atoms with E-state index in [-0.39, 0.29) is 0 Å². The van der Waals surface area contributed by atoms with Crippen LogP contribution in [-0.2, 0) is 5.75 Å². The zero-order valence-electron chi connectivity index (χ0n) is 11.9. The molecule has 23 heavy (non-hydrogen) atoms. The summed E-state index contributed by atoms with van der Waals surface area (Å²) in [6.07, 6.45) is 1.77. The van der Waals surface area contributed by atoms with Gasteiger partial charge in [-0.25, -0.2) is 0 Å². The second kappa shape index (κ2) is 7.71. The molecule has 0 aliphatic rings. The lowest BCUT2D eigenvalue weighted by molar-refractivity contribution is 0.391. The zero-order valence-corrected chi connectivity index (χ0v) is 15.1. The molecule has 9 heteroatoms. The maximum Gasteiger partial charge on any atom is 0.237 e. The van der Waals surface area contributed by atoms with Crippen molar-refractivity contribution < 1.29 is 4.52 Å². The lowest BCUT2D eigenvalue weighted by Gasteiger charge is -1.94. The summed E-state index contributed by atoms with van der Waals surface area (Å²) in [6.45, 7) is 4.32. The summed E-state index contributed by atoms with van der Waals surface area (Å²) in [5.74, 6) is 1.69. The van der Waals surface area contributed by atoms with Gasteiger partial charge in [-0.2, -0.15) is 4.98 Å². The Bertz CT molecular complexity index is 804. The Morgan fingerprint density at radius 2 is 2.30 bits per heavy atom. The number of thioether (sulfide) groups is 1. The van der Waals surface area contributed by atoms with Crippen LogP contribution in [0.5, 0.6) is 0 Å². The van der Waals surface area contributed by atoms with E-state index in [2.05, 4.69) is 48.2 Å². The van der Waals surface area contributed by atoms with Crippen molar-refractivity contribution in [2.75, 3.05) is 11.9 Å². The molecule has 1 N–H and O–H groups in total. The first-order valence-corrected chi connectivity index (χ1v) is 9.23. The lowest BCUT2D eigenvalue weighted by Crippen LogP contribution is -1.96. The summed E-state index contributed by atoms with van der Waals surface area (Å²) in [5, 5.41) is 16.0. The van der Waals surface area contributed by atoms with Gasteiger partial charge in [-0.1, -0.05) is 62.4 Å². The van der Waals surface area contributed by atoms with Crippen molar-refractivity contribution in [1.82, 2.24) is 20.3 Å². The van der Waals surface area contributed by atoms with Gasteiger partial charge in [0.05, 0.1) is 5.75 Å². The SMILES string of the molecule is C=CCNc1nnc(SCc2nc(-c3cccc(Br)c3)no2)s1. The quantitative estimate of drug-likeness (QED) is 0.461. The fourth-order valence-corrected chi connectivity index (χ4v) is 3.68. The Hall–Kier alpha value is -1.71. The largest absolute Gasteiger partial charge is 0.357 e. The number of nitrogens with one attached hydrogen (secondary N) is 1. The minimum Gasteiger partial charge on any atom is -0.357 e. The molecule has 0 atom stereocenters. The molecule has 1 aromatic carbocycles. The normalized spacial score (nSPS) is 10.7. The van der Waals surface area contributed by atoms with E-state index >= 15 is 0 Å². The molecule has 0 saturated carbocycles. The maximum absolute atomic E-state index is 5.28. The number of aromatic nitrogens is 4. The standard InChI is InChI=1S/C14H12BrN5OS2/c1-2-6-16-13-18-19-14(23-13)22-8-11-17-12(20-21-11)9-4-3-5-10(15)7-9/h2-5,7H,1,6,8H2,(H,16,18). The van der Waals surface area contributed by atoms with Gasteiger partial charge in [0.1, 0.15) is 0 Å². The monoisotopic (exact) mass is 409 g/mol. The molecule has 0 fully saturated rings. The molecule has 6 nitrogen and oxygen atoms in total. The summed E-state index contributed by atoms with van der Waals surface area (Å²) in [4.78, 5) is 4.40. The van der Waals surface area contributed by atoms with Gasteiger partial charge in [0.15, 0.2) is 4.34 Å². The van der Waals surface area contributed by atoms with E-state index in [9.17, 15) is 0 Å². The topological polar surface area (TPSA) is 76.7 Å². The van der Waals surface area contributed by atoms with Crippen molar-refractivity contribution in [3.05, 3.63) is 47.3 Å². The van der Waals surface area contributed by atoms with Gasteiger partial charge in [-0.05, 0) is 12.1 Å². The van der Waals surface area contributed by atoms with E-state index in [0.29, 0.717) is 24.0 Å². The van der Waals surface area contributed by atoms with Crippen molar-refractivity contribution in [1.29, 1.82) is 0 Å². The fraction of sp³-hybridized carbons (Fsp3) is 0.143. The maximum atomic E-state index is 5.28. The van der Waals surface area contributed by atoms with E-state index in [4.69, 9.17) is 4.52 Å². The molecule has 2 aromatic heterocycles. The average molecular weight is 410 g/mol. The molecule has 2 heterocycles. The minimum atomic E-state index is 0.553. The van der Waals surface area contributed by atoms with E-state index in [1.807, 2.05) is 24.3 Å². The number of nitrogens with zero attached hydrogens (tertiary/aromatic N) is 4. The second-order valence-electron chi connectivity index (χ2n) is 4.35. The first-order chi connectivity index (χ1) is 11.2. The van der Waals surface area contributed by atoms with Crippen LogP contribution in [0.4, 0.5) is 5.13 Å². The summed E-state index contributed by atoms with van der Waals surface area (Å²) < 4.78 is 7.10.